The van der Waals surface area contributed by atoms with Crippen molar-refractivity contribution in [3.8, 4) is 0 Å². The minimum Gasteiger partial charge on any atom is -0.357 e. The van der Waals surface area contributed by atoms with Gasteiger partial charge < -0.3 is 20.9 Å². The molecule has 0 aromatic carbocycles. The van der Waals surface area contributed by atoms with Crippen LogP contribution >= 0.6 is 0 Å². The molecule has 0 unspecified atom stereocenters. The summed E-state index contributed by atoms with van der Waals surface area (Å²) in [5, 5.41) is 7.53. The van der Waals surface area contributed by atoms with Crippen LogP contribution in [-0.2, 0) is 19.2 Å². The first-order valence-corrected chi connectivity index (χ1v) is 7.37. The second-order valence-corrected chi connectivity index (χ2v) is 5.45. The second-order valence-electron chi connectivity index (χ2n) is 5.45. The maximum atomic E-state index is 12.2. The molecule has 0 aromatic rings. The van der Waals surface area contributed by atoms with Crippen molar-refractivity contribution in [1.82, 2.24) is 20.9 Å². The van der Waals surface area contributed by atoms with E-state index in [1.54, 1.807) is 6.92 Å². The molecule has 3 atom stereocenters. The Labute approximate surface area is 130 Å². The Bertz CT molecular complexity index is 466. The maximum absolute atomic E-state index is 12.2. The molecule has 8 nitrogen and oxygen atoms in total. The fourth-order valence-corrected chi connectivity index (χ4v) is 2.41. The number of likely N-dealkylation sites (tertiary alicyclic amines) is 1. The van der Waals surface area contributed by atoms with Crippen LogP contribution in [0.3, 0.4) is 0 Å². The fourth-order valence-electron chi connectivity index (χ4n) is 2.41. The normalized spacial score (nSPS) is 20.0. The van der Waals surface area contributed by atoms with Gasteiger partial charge in [-0.3, -0.25) is 19.2 Å². The molecule has 0 radical (unpaired) electrons. The van der Waals surface area contributed by atoms with Gasteiger partial charge in [-0.1, -0.05) is 0 Å². The third kappa shape index (κ3) is 4.44. The largest absolute Gasteiger partial charge is 0.357 e. The monoisotopic (exact) mass is 312 g/mol. The summed E-state index contributed by atoms with van der Waals surface area (Å²) >= 11 is 0. The van der Waals surface area contributed by atoms with E-state index in [4.69, 9.17) is 0 Å². The molecule has 22 heavy (non-hydrogen) atoms. The van der Waals surface area contributed by atoms with E-state index in [-0.39, 0.29) is 17.7 Å². The molecule has 1 aliphatic rings. The SMILES string of the molecule is CNC(=O)[C@H](C)NC(=O)[C@@H](C)NC(=O)[C@@H]1CCCN1C(C)=O. The Balaban J connectivity index is 2.55. The summed E-state index contributed by atoms with van der Waals surface area (Å²) in [5.41, 5.74) is 0. The highest BCUT2D eigenvalue weighted by atomic mass is 16.2. The van der Waals surface area contributed by atoms with Gasteiger partial charge in [-0.2, -0.15) is 0 Å². The van der Waals surface area contributed by atoms with Crippen LogP contribution in [0.4, 0.5) is 0 Å². The average Bonchev–Trinajstić information content (AvgIpc) is 2.95. The maximum Gasteiger partial charge on any atom is 0.243 e. The molecule has 1 heterocycles. The first kappa shape index (κ1) is 17.9. The second kappa shape index (κ2) is 7.77. The van der Waals surface area contributed by atoms with E-state index in [1.165, 1.54) is 25.8 Å². The molecule has 8 heteroatoms. The lowest BCUT2D eigenvalue weighted by atomic mass is 10.2. The number of hydrogen-bond acceptors (Lipinski definition) is 4. The molecular formula is C14H24N4O4. The van der Waals surface area contributed by atoms with E-state index in [0.29, 0.717) is 13.0 Å². The third-order valence-corrected chi connectivity index (χ3v) is 3.71. The third-order valence-electron chi connectivity index (χ3n) is 3.71. The van der Waals surface area contributed by atoms with Gasteiger partial charge in [0.05, 0.1) is 0 Å². The van der Waals surface area contributed by atoms with Crippen molar-refractivity contribution in [1.29, 1.82) is 0 Å². The Morgan fingerprint density at radius 2 is 1.64 bits per heavy atom. The zero-order valence-electron chi connectivity index (χ0n) is 13.4. The summed E-state index contributed by atoms with van der Waals surface area (Å²) in [4.78, 5) is 48.5. The Morgan fingerprint density at radius 3 is 2.18 bits per heavy atom. The molecule has 0 spiro atoms. The highest BCUT2D eigenvalue weighted by Crippen LogP contribution is 2.17. The van der Waals surface area contributed by atoms with Gasteiger partial charge in [0, 0.05) is 20.5 Å². The molecule has 0 aliphatic carbocycles. The highest BCUT2D eigenvalue weighted by Gasteiger charge is 2.33. The van der Waals surface area contributed by atoms with Crippen molar-refractivity contribution in [2.75, 3.05) is 13.6 Å². The van der Waals surface area contributed by atoms with Gasteiger partial charge in [0.2, 0.25) is 23.6 Å². The van der Waals surface area contributed by atoms with E-state index in [1.807, 2.05) is 0 Å². The van der Waals surface area contributed by atoms with Crippen LogP contribution in [0.15, 0.2) is 0 Å². The Morgan fingerprint density at radius 1 is 1.05 bits per heavy atom. The lowest BCUT2D eigenvalue weighted by Gasteiger charge is -2.24. The highest BCUT2D eigenvalue weighted by molar-refractivity contribution is 5.93. The van der Waals surface area contributed by atoms with E-state index >= 15 is 0 Å². The number of carbonyl (C=O) groups excluding carboxylic acids is 4. The molecule has 1 saturated heterocycles. The van der Waals surface area contributed by atoms with Gasteiger partial charge >= 0.3 is 0 Å². The lowest BCUT2D eigenvalue weighted by Crippen LogP contribution is -2.54. The van der Waals surface area contributed by atoms with Gasteiger partial charge in [0.1, 0.15) is 18.1 Å². The molecule has 0 aromatic heterocycles. The molecular weight excluding hydrogens is 288 g/mol. The molecule has 1 rings (SSSR count). The van der Waals surface area contributed by atoms with Crippen molar-refractivity contribution in [3.05, 3.63) is 0 Å². The molecule has 124 valence electrons. The number of nitrogens with zero attached hydrogens (tertiary/aromatic N) is 1. The minimum absolute atomic E-state index is 0.150. The van der Waals surface area contributed by atoms with Crippen LogP contribution in [-0.4, -0.2) is 60.2 Å². The molecule has 3 N–H and O–H groups in total. The summed E-state index contributed by atoms with van der Waals surface area (Å²) in [6.07, 6.45) is 1.36. The standard InChI is InChI=1S/C14H24N4O4/c1-8(12(20)15-4)16-13(21)9(2)17-14(22)11-6-5-7-18(11)10(3)19/h8-9,11H,5-7H2,1-4H3,(H,15,20)(H,16,21)(H,17,22)/t8-,9+,11-/m0/s1. The van der Waals surface area contributed by atoms with Crippen molar-refractivity contribution < 1.29 is 19.2 Å². The number of carbonyl (C=O) groups is 4. The molecule has 4 amide bonds. The summed E-state index contributed by atoms with van der Waals surface area (Å²) < 4.78 is 0. The fraction of sp³-hybridized carbons (Fsp3) is 0.714. The van der Waals surface area contributed by atoms with Crippen LogP contribution < -0.4 is 16.0 Å². The topological polar surface area (TPSA) is 108 Å². The lowest BCUT2D eigenvalue weighted by molar-refractivity contribution is -0.138. The van der Waals surface area contributed by atoms with Gasteiger partial charge in [-0.25, -0.2) is 0 Å². The molecule has 1 fully saturated rings. The smallest absolute Gasteiger partial charge is 0.243 e. The van der Waals surface area contributed by atoms with Crippen LogP contribution in [0.1, 0.15) is 33.6 Å². The van der Waals surface area contributed by atoms with Crippen molar-refractivity contribution >= 4 is 23.6 Å². The number of likely N-dealkylation sites (N-methyl/N-ethyl adjacent to an activating group) is 1. The van der Waals surface area contributed by atoms with Crippen LogP contribution in [0.2, 0.25) is 0 Å². The first-order chi connectivity index (χ1) is 10.3. The summed E-state index contributed by atoms with van der Waals surface area (Å²) in [6, 6.07) is -1.99. The van der Waals surface area contributed by atoms with E-state index in [9.17, 15) is 19.2 Å². The summed E-state index contributed by atoms with van der Waals surface area (Å²) in [6.45, 7) is 5.07. The van der Waals surface area contributed by atoms with E-state index < -0.39 is 24.0 Å². The summed E-state index contributed by atoms with van der Waals surface area (Å²) in [5.74, 6) is -1.26. The van der Waals surface area contributed by atoms with Crippen molar-refractivity contribution in [3.63, 3.8) is 0 Å². The Hall–Kier alpha value is -2.12. The molecule has 0 bridgehead atoms. The van der Waals surface area contributed by atoms with Gasteiger partial charge in [-0.05, 0) is 26.7 Å². The summed E-state index contributed by atoms with van der Waals surface area (Å²) in [7, 11) is 1.48. The van der Waals surface area contributed by atoms with Crippen LogP contribution in [0.5, 0.6) is 0 Å². The Kier molecular flexibility index (Phi) is 6.33. The van der Waals surface area contributed by atoms with Crippen LogP contribution in [0, 0.1) is 0 Å². The predicted octanol–water partition coefficient (Wildman–Crippen LogP) is -1.25. The van der Waals surface area contributed by atoms with Gasteiger partial charge in [0.15, 0.2) is 0 Å². The van der Waals surface area contributed by atoms with Crippen molar-refractivity contribution in [2.24, 2.45) is 0 Å². The number of nitrogens with one attached hydrogen (secondary N) is 3. The number of amides is 4. The minimum atomic E-state index is -0.783. The zero-order valence-corrected chi connectivity index (χ0v) is 13.4. The van der Waals surface area contributed by atoms with Crippen molar-refractivity contribution in [2.45, 2.75) is 51.7 Å². The molecule has 1 aliphatic heterocycles. The number of hydrogen-bond donors (Lipinski definition) is 3. The van der Waals surface area contributed by atoms with Gasteiger partial charge in [-0.15, -0.1) is 0 Å². The van der Waals surface area contributed by atoms with E-state index in [0.717, 1.165) is 6.42 Å². The van der Waals surface area contributed by atoms with Crippen LogP contribution in [0.25, 0.3) is 0 Å². The quantitative estimate of drug-likeness (QED) is 0.589. The first-order valence-electron chi connectivity index (χ1n) is 7.37. The van der Waals surface area contributed by atoms with Gasteiger partial charge in [0.25, 0.3) is 0 Å². The average molecular weight is 312 g/mol. The molecule has 0 saturated carbocycles. The predicted molar refractivity (Wildman–Crippen MR) is 79.7 cm³/mol. The zero-order chi connectivity index (χ0) is 16.9. The number of rotatable bonds is 5. The van der Waals surface area contributed by atoms with E-state index in [2.05, 4.69) is 16.0 Å².